The third-order valence-corrected chi connectivity index (χ3v) is 6.29. The lowest BCUT2D eigenvalue weighted by Gasteiger charge is -2.32. The first-order valence-electron chi connectivity index (χ1n) is 10.2. The lowest BCUT2D eigenvalue weighted by Crippen LogP contribution is -2.46. The zero-order valence-electron chi connectivity index (χ0n) is 17.1. The summed E-state index contributed by atoms with van der Waals surface area (Å²) in [4.78, 5) is 26.9. The van der Waals surface area contributed by atoms with Gasteiger partial charge in [-0.3, -0.25) is 14.5 Å². The summed E-state index contributed by atoms with van der Waals surface area (Å²) in [5.74, 6) is -0.420. The van der Waals surface area contributed by atoms with Gasteiger partial charge in [0, 0.05) is 31.4 Å². The first-order valence-corrected chi connectivity index (χ1v) is 11.3. The van der Waals surface area contributed by atoms with Gasteiger partial charge < -0.3 is 10.6 Å². The third kappa shape index (κ3) is 7.15. The number of halogens is 1. The number of hydrogen-bond acceptors (Lipinski definition) is 4. The van der Waals surface area contributed by atoms with Gasteiger partial charge in [0.1, 0.15) is 5.82 Å². The van der Waals surface area contributed by atoms with Crippen LogP contribution < -0.4 is 10.6 Å². The molecule has 1 aliphatic heterocycles. The van der Waals surface area contributed by atoms with Gasteiger partial charge in [-0.15, -0.1) is 11.8 Å². The second-order valence-electron chi connectivity index (χ2n) is 7.55. The number of nitrogens with zero attached hydrogens (tertiary/aromatic N) is 1. The average molecular weight is 430 g/mol. The molecule has 1 aliphatic rings. The molecular weight excluding hydrogens is 401 g/mol. The number of carbonyl (C=O) groups excluding carboxylic acids is 2. The van der Waals surface area contributed by atoms with Crippen molar-refractivity contribution in [2.24, 2.45) is 0 Å². The topological polar surface area (TPSA) is 61.4 Å². The van der Waals surface area contributed by atoms with E-state index in [0.717, 1.165) is 32.5 Å². The van der Waals surface area contributed by atoms with Crippen LogP contribution in [0.25, 0.3) is 0 Å². The lowest BCUT2D eigenvalue weighted by atomic mass is 10.0. The molecule has 0 aromatic heterocycles. The van der Waals surface area contributed by atoms with Gasteiger partial charge in [0.25, 0.3) is 0 Å². The Labute approximate surface area is 181 Å². The molecule has 0 spiro atoms. The van der Waals surface area contributed by atoms with E-state index < -0.39 is 0 Å². The van der Waals surface area contributed by atoms with Crippen LogP contribution in [0.5, 0.6) is 0 Å². The molecule has 0 saturated carbocycles. The minimum atomic E-state index is -0.349. The Kier molecular flexibility index (Phi) is 8.28. The highest BCUT2D eigenvalue weighted by Gasteiger charge is 2.23. The zero-order valence-corrected chi connectivity index (χ0v) is 18.0. The maximum atomic E-state index is 12.9. The van der Waals surface area contributed by atoms with E-state index in [9.17, 15) is 14.0 Å². The average Bonchev–Trinajstić information content (AvgIpc) is 2.76. The Hall–Kier alpha value is -2.38. The van der Waals surface area contributed by atoms with Gasteiger partial charge in [-0.25, -0.2) is 4.39 Å². The maximum Gasteiger partial charge on any atom is 0.234 e. The van der Waals surface area contributed by atoms with Crippen LogP contribution in [0.4, 0.5) is 10.1 Å². The normalized spacial score (nSPS) is 16.1. The van der Waals surface area contributed by atoms with Gasteiger partial charge in [0.05, 0.1) is 11.0 Å². The second-order valence-corrected chi connectivity index (χ2v) is 8.88. The Morgan fingerprint density at radius 1 is 1.10 bits per heavy atom. The lowest BCUT2D eigenvalue weighted by molar-refractivity contribution is -0.121. The molecule has 0 radical (unpaired) electrons. The number of rotatable bonds is 8. The van der Waals surface area contributed by atoms with E-state index in [2.05, 4.69) is 39.8 Å². The van der Waals surface area contributed by atoms with Crippen LogP contribution in [0.3, 0.4) is 0 Å². The highest BCUT2D eigenvalue weighted by molar-refractivity contribution is 8.01. The maximum absolute atomic E-state index is 12.9. The molecule has 1 saturated heterocycles. The number of nitrogens with one attached hydrogen (secondary N) is 2. The number of thioether (sulfide) groups is 1. The van der Waals surface area contributed by atoms with E-state index in [-0.39, 0.29) is 34.7 Å². The molecule has 3 rings (SSSR count). The largest absolute Gasteiger partial charge is 0.352 e. The van der Waals surface area contributed by atoms with Crippen molar-refractivity contribution >= 4 is 29.3 Å². The standard InChI is InChI=1S/C23H28FN3O2S/c1-17(30-16-22(28)25-20-9-7-19(24)8-10-20)23(29)26-21-11-13-27(14-12-21)15-18-5-3-2-4-6-18/h2-10,17,21H,11-16H2,1H3,(H,25,28)(H,26,29). The first-order chi connectivity index (χ1) is 14.5. The Bertz CT molecular complexity index is 824. The van der Waals surface area contributed by atoms with Crippen LogP contribution in [0, 0.1) is 5.82 Å². The predicted molar refractivity (Wildman–Crippen MR) is 120 cm³/mol. The number of carbonyl (C=O) groups is 2. The Morgan fingerprint density at radius 3 is 2.43 bits per heavy atom. The van der Waals surface area contributed by atoms with Gasteiger partial charge in [0.15, 0.2) is 0 Å². The van der Waals surface area contributed by atoms with Crippen molar-refractivity contribution in [1.29, 1.82) is 0 Å². The highest BCUT2D eigenvalue weighted by atomic mass is 32.2. The third-order valence-electron chi connectivity index (χ3n) is 5.14. The molecule has 1 fully saturated rings. The van der Waals surface area contributed by atoms with Crippen molar-refractivity contribution in [3.8, 4) is 0 Å². The number of piperidine rings is 1. The summed E-state index contributed by atoms with van der Waals surface area (Å²) < 4.78 is 12.9. The molecule has 2 aromatic rings. The molecule has 7 heteroatoms. The number of benzene rings is 2. The van der Waals surface area contributed by atoms with E-state index in [1.54, 1.807) is 0 Å². The van der Waals surface area contributed by atoms with Crippen molar-refractivity contribution in [2.45, 2.75) is 37.6 Å². The van der Waals surface area contributed by atoms with E-state index >= 15 is 0 Å². The van der Waals surface area contributed by atoms with Crippen molar-refractivity contribution < 1.29 is 14.0 Å². The molecule has 0 bridgehead atoms. The summed E-state index contributed by atoms with van der Waals surface area (Å²) in [7, 11) is 0. The van der Waals surface area contributed by atoms with E-state index in [0.29, 0.717) is 5.69 Å². The molecule has 1 atom stereocenters. The van der Waals surface area contributed by atoms with Crippen LogP contribution in [0.2, 0.25) is 0 Å². The fourth-order valence-corrected chi connectivity index (χ4v) is 4.10. The van der Waals surface area contributed by atoms with Gasteiger partial charge in [0.2, 0.25) is 11.8 Å². The van der Waals surface area contributed by atoms with Gasteiger partial charge in [-0.05, 0) is 49.6 Å². The fourth-order valence-electron chi connectivity index (χ4n) is 3.40. The first kappa shape index (κ1) is 22.3. The van der Waals surface area contributed by atoms with Crippen molar-refractivity contribution in [3.63, 3.8) is 0 Å². The minimum absolute atomic E-state index is 0.0314. The van der Waals surface area contributed by atoms with Crippen LogP contribution in [-0.2, 0) is 16.1 Å². The van der Waals surface area contributed by atoms with Crippen molar-refractivity contribution in [2.75, 3.05) is 24.2 Å². The number of hydrogen-bond donors (Lipinski definition) is 2. The molecule has 0 aliphatic carbocycles. The van der Waals surface area contributed by atoms with Crippen LogP contribution in [-0.4, -0.2) is 46.8 Å². The number of anilines is 1. The monoisotopic (exact) mass is 429 g/mol. The molecule has 1 unspecified atom stereocenters. The number of amides is 2. The van der Waals surface area contributed by atoms with E-state index in [1.807, 2.05) is 13.0 Å². The molecule has 160 valence electrons. The predicted octanol–water partition coefficient (Wildman–Crippen LogP) is 3.67. The summed E-state index contributed by atoms with van der Waals surface area (Å²) >= 11 is 1.30. The van der Waals surface area contributed by atoms with Gasteiger partial charge in [-0.1, -0.05) is 30.3 Å². The molecule has 2 amide bonds. The van der Waals surface area contributed by atoms with Crippen LogP contribution in [0.15, 0.2) is 54.6 Å². The zero-order chi connectivity index (χ0) is 21.3. The van der Waals surface area contributed by atoms with Crippen molar-refractivity contribution in [1.82, 2.24) is 10.2 Å². The van der Waals surface area contributed by atoms with Crippen LogP contribution in [0.1, 0.15) is 25.3 Å². The summed E-state index contributed by atoms with van der Waals surface area (Å²) in [6.45, 7) is 4.68. The minimum Gasteiger partial charge on any atom is -0.352 e. The van der Waals surface area contributed by atoms with Gasteiger partial charge >= 0.3 is 0 Å². The summed E-state index contributed by atoms with van der Waals surface area (Å²) in [6, 6.07) is 16.2. The molecular formula is C23H28FN3O2S. The number of likely N-dealkylation sites (tertiary alicyclic amines) is 1. The molecule has 2 aromatic carbocycles. The summed E-state index contributed by atoms with van der Waals surface area (Å²) in [6.07, 6.45) is 1.86. The molecule has 2 N–H and O–H groups in total. The highest BCUT2D eigenvalue weighted by Crippen LogP contribution is 2.17. The van der Waals surface area contributed by atoms with E-state index in [1.165, 1.54) is 41.6 Å². The van der Waals surface area contributed by atoms with Gasteiger partial charge in [-0.2, -0.15) is 0 Å². The fraction of sp³-hybridized carbons (Fsp3) is 0.391. The Morgan fingerprint density at radius 2 is 1.77 bits per heavy atom. The quantitative estimate of drug-likeness (QED) is 0.672. The summed E-state index contributed by atoms with van der Waals surface area (Å²) in [5, 5.41) is 5.52. The molecule has 30 heavy (non-hydrogen) atoms. The van der Waals surface area contributed by atoms with Crippen LogP contribution >= 0.6 is 11.8 Å². The SMILES string of the molecule is CC(SCC(=O)Nc1ccc(F)cc1)C(=O)NC1CCN(Cc2ccccc2)CC1. The van der Waals surface area contributed by atoms with E-state index in [4.69, 9.17) is 0 Å². The second kappa shape index (κ2) is 11.1. The smallest absolute Gasteiger partial charge is 0.234 e. The molecule has 5 nitrogen and oxygen atoms in total. The summed E-state index contributed by atoms with van der Waals surface area (Å²) in [5.41, 5.74) is 1.85. The Balaban J connectivity index is 1.34. The van der Waals surface area contributed by atoms with Crippen molar-refractivity contribution in [3.05, 3.63) is 66.0 Å². The molecule has 1 heterocycles.